The van der Waals surface area contributed by atoms with E-state index in [2.05, 4.69) is 10.0 Å². The summed E-state index contributed by atoms with van der Waals surface area (Å²) in [5.74, 6) is -0.924. The number of esters is 1. The van der Waals surface area contributed by atoms with Crippen molar-refractivity contribution >= 4 is 27.6 Å². The Morgan fingerprint density at radius 1 is 1.00 bits per heavy atom. The number of hydrogen-bond donors (Lipinski definition) is 2. The van der Waals surface area contributed by atoms with Crippen LogP contribution in [0.25, 0.3) is 0 Å². The lowest BCUT2D eigenvalue weighted by molar-refractivity contribution is -0.122. The second-order valence-electron chi connectivity index (χ2n) is 8.27. The molecule has 0 heterocycles. The summed E-state index contributed by atoms with van der Waals surface area (Å²) in [5, 5.41) is 2.80. The van der Waals surface area contributed by atoms with Crippen LogP contribution in [0.2, 0.25) is 0 Å². The largest absolute Gasteiger partial charge is 0.465 e. The van der Waals surface area contributed by atoms with Crippen LogP contribution >= 0.6 is 0 Å². The molecule has 8 heteroatoms. The van der Waals surface area contributed by atoms with Crippen LogP contribution in [0.5, 0.6) is 0 Å². The molecule has 0 aliphatic rings. The number of carbonyl (C=O) groups is 2. The van der Waals surface area contributed by atoms with Crippen LogP contribution in [0.15, 0.2) is 48.5 Å². The second kappa shape index (κ2) is 9.75. The van der Waals surface area contributed by atoms with Gasteiger partial charge in [-0.1, -0.05) is 51.1 Å². The summed E-state index contributed by atoms with van der Waals surface area (Å²) in [6, 6.07) is 13.4. The molecule has 2 aromatic carbocycles. The van der Waals surface area contributed by atoms with Crippen molar-refractivity contribution in [3.8, 4) is 0 Å². The monoisotopic (exact) mass is 432 g/mol. The van der Waals surface area contributed by atoms with Gasteiger partial charge in [-0.3, -0.25) is 9.52 Å². The first-order valence-corrected chi connectivity index (χ1v) is 11.2. The molecule has 30 heavy (non-hydrogen) atoms. The fraction of sp³-hybridized carbons (Fsp3) is 0.364. The van der Waals surface area contributed by atoms with Crippen LogP contribution in [0.1, 0.15) is 48.7 Å². The summed E-state index contributed by atoms with van der Waals surface area (Å²) in [4.78, 5) is 24.1. The smallest absolute Gasteiger partial charge is 0.337 e. The van der Waals surface area contributed by atoms with Crippen molar-refractivity contribution in [3.63, 3.8) is 0 Å². The molecule has 0 aliphatic carbocycles. The Balaban J connectivity index is 2.21. The van der Waals surface area contributed by atoms with E-state index >= 15 is 0 Å². The van der Waals surface area contributed by atoms with Crippen LogP contribution in [0, 0.1) is 5.41 Å². The predicted octanol–water partition coefficient (Wildman–Crippen LogP) is 3.47. The van der Waals surface area contributed by atoms with Gasteiger partial charge in [0.15, 0.2) is 0 Å². The molecule has 1 amide bonds. The molecule has 0 saturated heterocycles. The summed E-state index contributed by atoms with van der Waals surface area (Å²) in [5.41, 5.74) is 1.49. The topological polar surface area (TPSA) is 102 Å². The van der Waals surface area contributed by atoms with Gasteiger partial charge >= 0.3 is 5.97 Å². The Bertz CT molecular complexity index is 996. The Morgan fingerprint density at radius 2 is 1.67 bits per heavy atom. The molecule has 2 rings (SSSR count). The quantitative estimate of drug-likeness (QED) is 0.622. The van der Waals surface area contributed by atoms with Gasteiger partial charge in [-0.15, -0.1) is 0 Å². The molecule has 7 nitrogen and oxygen atoms in total. The lowest BCUT2D eigenvalue weighted by Crippen LogP contribution is -2.27. The summed E-state index contributed by atoms with van der Waals surface area (Å²) in [6.45, 7) is 6.05. The molecule has 2 N–H and O–H groups in total. The van der Waals surface area contributed by atoms with Gasteiger partial charge in [-0.25, -0.2) is 13.2 Å². The van der Waals surface area contributed by atoms with E-state index in [9.17, 15) is 18.0 Å². The summed E-state index contributed by atoms with van der Waals surface area (Å²) >= 11 is 0. The van der Waals surface area contributed by atoms with Gasteiger partial charge in [0.1, 0.15) is 0 Å². The first kappa shape index (κ1) is 23.4. The number of anilines is 1. The van der Waals surface area contributed by atoms with E-state index < -0.39 is 16.0 Å². The van der Waals surface area contributed by atoms with Gasteiger partial charge in [0.05, 0.1) is 18.4 Å². The molecule has 0 aliphatic heterocycles. The van der Waals surface area contributed by atoms with Crippen LogP contribution in [-0.2, 0) is 31.9 Å². The molecule has 0 aromatic heterocycles. The zero-order valence-electron chi connectivity index (χ0n) is 17.7. The van der Waals surface area contributed by atoms with Crippen molar-refractivity contribution in [3.05, 3.63) is 65.2 Å². The van der Waals surface area contributed by atoms with E-state index in [0.717, 1.165) is 0 Å². The van der Waals surface area contributed by atoms with Crippen LogP contribution < -0.4 is 10.0 Å². The predicted molar refractivity (Wildman–Crippen MR) is 116 cm³/mol. The van der Waals surface area contributed by atoms with E-state index in [1.165, 1.54) is 13.2 Å². The third-order valence-corrected chi connectivity index (χ3v) is 5.33. The fourth-order valence-electron chi connectivity index (χ4n) is 2.84. The highest BCUT2D eigenvalue weighted by Gasteiger charge is 2.17. The highest BCUT2D eigenvalue weighted by molar-refractivity contribution is 7.91. The van der Waals surface area contributed by atoms with E-state index in [4.69, 9.17) is 4.74 Å². The number of ether oxygens (including phenoxy) is 1. The number of methoxy groups -OCH3 is 1. The molecule has 0 unspecified atom stereocenters. The minimum absolute atomic E-state index is 0.128. The SMILES string of the molecule is COC(=O)c1cc(CNC(=O)CC(C)(C)C)cc(NS(=O)(=O)Cc2ccccc2)c1. The second-order valence-corrected chi connectivity index (χ2v) is 9.99. The van der Waals surface area contributed by atoms with Crippen LogP contribution in [0.4, 0.5) is 5.69 Å². The van der Waals surface area contributed by atoms with Gasteiger partial charge in [0.2, 0.25) is 15.9 Å². The maximum Gasteiger partial charge on any atom is 0.337 e. The Labute approximate surface area is 177 Å². The van der Waals surface area contributed by atoms with E-state index in [-0.39, 0.29) is 34.9 Å². The molecule has 0 spiro atoms. The summed E-state index contributed by atoms with van der Waals surface area (Å²) in [6.07, 6.45) is 0.347. The third kappa shape index (κ3) is 7.87. The molecule has 0 saturated carbocycles. The minimum atomic E-state index is -3.70. The Kier molecular flexibility index (Phi) is 7.61. The zero-order valence-corrected chi connectivity index (χ0v) is 18.5. The van der Waals surface area contributed by atoms with E-state index in [1.54, 1.807) is 36.4 Å². The van der Waals surface area contributed by atoms with Crippen molar-refractivity contribution in [1.82, 2.24) is 5.32 Å². The summed E-state index contributed by atoms with van der Waals surface area (Å²) in [7, 11) is -2.45. The number of rotatable bonds is 8. The maximum absolute atomic E-state index is 12.6. The van der Waals surface area contributed by atoms with Crippen molar-refractivity contribution in [2.75, 3.05) is 11.8 Å². The molecular formula is C22H28N2O5S. The lowest BCUT2D eigenvalue weighted by atomic mass is 9.92. The van der Waals surface area contributed by atoms with Gasteiger partial charge in [-0.05, 0) is 34.7 Å². The first-order chi connectivity index (χ1) is 14.0. The van der Waals surface area contributed by atoms with Gasteiger partial charge < -0.3 is 10.1 Å². The number of amides is 1. The lowest BCUT2D eigenvalue weighted by Gasteiger charge is -2.17. The van der Waals surface area contributed by atoms with Crippen molar-refractivity contribution in [2.24, 2.45) is 5.41 Å². The van der Waals surface area contributed by atoms with Crippen molar-refractivity contribution in [2.45, 2.75) is 39.5 Å². The average molecular weight is 433 g/mol. The molecule has 0 radical (unpaired) electrons. The maximum atomic E-state index is 12.6. The number of carbonyl (C=O) groups excluding carboxylic acids is 2. The fourth-order valence-corrected chi connectivity index (χ4v) is 4.02. The highest BCUT2D eigenvalue weighted by atomic mass is 32.2. The first-order valence-electron chi connectivity index (χ1n) is 9.51. The molecule has 0 atom stereocenters. The normalized spacial score (nSPS) is 11.6. The number of sulfonamides is 1. The molecule has 0 fully saturated rings. The van der Waals surface area contributed by atoms with Crippen LogP contribution in [0.3, 0.4) is 0 Å². The Morgan fingerprint density at radius 3 is 2.27 bits per heavy atom. The molecular weight excluding hydrogens is 404 g/mol. The molecule has 0 bridgehead atoms. The summed E-state index contributed by atoms with van der Waals surface area (Å²) < 4.78 is 32.4. The van der Waals surface area contributed by atoms with E-state index in [1.807, 2.05) is 26.8 Å². The number of benzene rings is 2. The van der Waals surface area contributed by atoms with Crippen LogP contribution in [-0.4, -0.2) is 27.4 Å². The van der Waals surface area contributed by atoms with Crippen molar-refractivity contribution in [1.29, 1.82) is 0 Å². The zero-order chi connectivity index (χ0) is 22.4. The van der Waals surface area contributed by atoms with E-state index in [0.29, 0.717) is 17.5 Å². The average Bonchev–Trinajstić information content (AvgIpc) is 2.64. The highest BCUT2D eigenvalue weighted by Crippen LogP contribution is 2.20. The van der Waals surface area contributed by atoms with Gasteiger partial charge in [0, 0.05) is 18.7 Å². The van der Waals surface area contributed by atoms with Crippen molar-refractivity contribution < 1.29 is 22.7 Å². The standard InChI is InChI=1S/C22H28N2O5S/c1-22(2,3)13-20(25)23-14-17-10-18(21(26)29-4)12-19(11-17)24-30(27,28)15-16-8-6-5-7-9-16/h5-12,24H,13-15H2,1-4H3,(H,23,25). The molecule has 162 valence electrons. The van der Waals surface area contributed by atoms with Gasteiger partial charge in [-0.2, -0.15) is 0 Å². The Hall–Kier alpha value is -2.87. The molecule has 2 aromatic rings. The minimum Gasteiger partial charge on any atom is -0.465 e. The third-order valence-electron chi connectivity index (χ3n) is 4.07. The number of nitrogens with one attached hydrogen (secondary N) is 2. The number of hydrogen-bond acceptors (Lipinski definition) is 5. The van der Waals surface area contributed by atoms with Gasteiger partial charge in [0.25, 0.3) is 0 Å².